The van der Waals surface area contributed by atoms with Crippen LogP contribution < -0.4 is 0 Å². The van der Waals surface area contributed by atoms with Crippen molar-refractivity contribution in [2.24, 2.45) is 5.92 Å². The lowest BCUT2D eigenvalue weighted by Gasteiger charge is -2.23. The van der Waals surface area contributed by atoms with E-state index < -0.39 is 5.97 Å². The van der Waals surface area contributed by atoms with Crippen molar-refractivity contribution < 1.29 is 9.90 Å². The zero-order chi connectivity index (χ0) is 9.84. The number of aliphatic carboxylic acids is 1. The molecule has 74 valence electrons. The molecule has 0 amide bonds. The number of hydrogen-bond acceptors (Lipinski definition) is 2. The molecule has 0 spiro atoms. The van der Waals surface area contributed by atoms with Gasteiger partial charge in [0.1, 0.15) is 0 Å². The molecule has 3 nitrogen and oxygen atoms in total. The molecule has 1 heterocycles. The maximum Gasteiger partial charge on any atom is 0.329 e. The Kier molecular flexibility index (Phi) is 3.34. The van der Waals surface area contributed by atoms with Crippen LogP contribution in [-0.4, -0.2) is 28.6 Å². The van der Waals surface area contributed by atoms with Gasteiger partial charge >= 0.3 is 5.97 Å². The second kappa shape index (κ2) is 4.30. The third-order valence-corrected chi connectivity index (χ3v) is 2.75. The smallest absolute Gasteiger partial charge is 0.329 e. The summed E-state index contributed by atoms with van der Waals surface area (Å²) in [7, 11) is 0. The molecular weight excluding hydrogens is 166 g/mol. The lowest BCUT2D eigenvalue weighted by molar-refractivity contribution is -0.131. The number of nitrogens with zero attached hydrogens (tertiary/aromatic N) is 1. The number of carboxylic acid groups (broad SMARTS) is 1. The van der Waals surface area contributed by atoms with Gasteiger partial charge in [-0.2, -0.15) is 0 Å². The third-order valence-electron chi connectivity index (χ3n) is 2.75. The van der Waals surface area contributed by atoms with Crippen LogP contribution in [0.5, 0.6) is 0 Å². The van der Waals surface area contributed by atoms with E-state index >= 15 is 0 Å². The van der Waals surface area contributed by atoms with E-state index in [9.17, 15) is 4.79 Å². The Hall–Kier alpha value is -0.990. The van der Waals surface area contributed by atoms with E-state index in [2.05, 4.69) is 18.7 Å². The molecule has 0 radical (unpaired) electrons. The maximum atomic E-state index is 10.3. The average molecular weight is 183 g/mol. The summed E-state index contributed by atoms with van der Waals surface area (Å²) in [5, 5.41) is 8.49. The van der Waals surface area contributed by atoms with Crippen molar-refractivity contribution in [2.45, 2.75) is 32.7 Å². The predicted molar refractivity (Wildman–Crippen MR) is 51.3 cm³/mol. The molecule has 0 bridgehead atoms. The Morgan fingerprint density at radius 1 is 1.69 bits per heavy atom. The normalized spacial score (nSPS) is 28.6. The summed E-state index contributed by atoms with van der Waals surface area (Å²) in [4.78, 5) is 12.5. The van der Waals surface area contributed by atoms with E-state index in [0.29, 0.717) is 12.0 Å². The molecule has 0 aromatic heterocycles. The molecule has 1 N–H and O–H groups in total. The molecule has 0 aromatic rings. The molecule has 2 atom stereocenters. The summed E-state index contributed by atoms with van der Waals surface area (Å²) in [6.07, 6.45) is 5.19. The van der Waals surface area contributed by atoms with Crippen LogP contribution in [0.2, 0.25) is 0 Å². The van der Waals surface area contributed by atoms with Crippen molar-refractivity contribution in [1.29, 1.82) is 0 Å². The van der Waals surface area contributed by atoms with Crippen molar-refractivity contribution in [3.05, 3.63) is 12.3 Å². The van der Waals surface area contributed by atoms with E-state index in [-0.39, 0.29) is 0 Å². The molecule has 1 rings (SSSR count). The quantitative estimate of drug-likeness (QED) is 0.677. The van der Waals surface area contributed by atoms with E-state index in [4.69, 9.17) is 5.11 Å². The summed E-state index contributed by atoms with van der Waals surface area (Å²) in [6.45, 7) is 5.36. The molecular formula is C10H17NO2. The van der Waals surface area contributed by atoms with Crippen LogP contribution in [-0.2, 0) is 4.79 Å². The van der Waals surface area contributed by atoms with Gasteiger partial charge in [-0.3, -0.25) is 0 Å². The van der Waals surface area contributed by atoms with E-state index in [1.165, 1.54) is 12.5 Å². The van der Waals surface area contributed by atoms with Crippen LogP contribution in [0.1, 0.15) is 26.7 Å². The van der Waals surface area contributed by atoms with Crippen molar-refractivity contribution >= 4 is 5.97 Å². The fourth-order valence-corrected chi connectivity index (χ4v) is 2.02. The fourth-order valence-electron chi connectivity index (χ4n) is 2.02. The lowest BCUT2D eigenvalue weighted by Crippen LogP contribution is -2.26. The van der Waals surface area contributed by atoms with Gasteiger partial charge in [-0.15, -0.1) is 0 Å². The van der Waals surface area contributed by atoms with Crippen molar-refractivity contribution in [2.75, 3.05) is 6.54 Å². The van der Waals surface area contributed by atoms with E-state index in [1.54, 1.807) is 6.20 Å². The van der Waals surface area contributed by atoms with Gasteiger partial charge in [-0.1, -0.05) is 13.8 Å². The molecule has 2 unspecified atom stereocenters. The number of carboxylic acids is 1. The second-order valence-corrected chi connectivity index (χ2v) is 3.63. The third kappa shape index (κ3) is 2.47. The topological polar surface area (TPSA) is 40.5 Å². The Morgan fingerprint density at radius 3 is 2.92 bits per heavy atom. The highest BCUT2D eigenvalue weighted by Crippen LogP contribution is 2.25. The van der Waals surface area contributed by atoms with Crippen LogP contribution in [0.25, 0.3) is 0 Å². The zero-order valence-electron chi connectivity index (χ0n) is 8.23. The summed E-state index contributed by atoms with van der Waals surface area (Å²) < 4.78 is 0. The first-order chi connectivity index (χ1) is 6.15. The molecule has 1 fully saturated rings. The molecule has 0 saturated carbocycles. The summed E-state index contributed by atoms with van der Waals surface area (Å²) in [5.74, 6) is -0.183. The highest BCUT2D eigenvalue weighted by Gasteiger charge is 2.27. The monoisotopic (exact) mass is 183 g/mol. The van der Waals surface area contributed by atoms with Crippen LogP contribution in [0, 0.1) is 5.92 Å². The Bertz CT molecular complexity index is 213. The molecule has 3 heteroatoms. The van der Waals surface area contributed by atoms with Crippen LogP contribution >= 0.6 is 0 Å². The number of hydrogen-bond donors (Lipinski definition) is 1. The average Bonchev–Trinajstić information content (AvgIpc) is 2.42. The summed E-state index contributed by atoms with van der Waals surface area (Å²) >= 11 is 0. The number of rotatable bonds is 3. The van der Waals surface area contributed by atoms with E-state index in [1.807, 2.05) is 0 Å². The first kappa shape index (κ1) is 10.1. The standard InChI is InChI=1S/C10H17NO2/c1-3-9-8(2)4-6-11(9)7-5-10(12)13/h5,7-9H,3-4,6H2,1-2H3,(H,12,13)/b7-5+. The Balaban J connectivity index is 2.55. The van der Waals surface area contributed by atoms with Gasteiger partial charge in [0.15, 0.2) is 0 Å². The second-order valence-electron chi connectivity index (χ2n) is 3.63. The van der Waals surface area contributed by atoms with E-state index in [0.717, 1.165) is 13.0 Å². The van der Waals surface area contributed by atoms with Crippen molar-refractivity contribution in [1.82, 2.24) is 4.90 Å². The minimum atomic E-state index is -0.866. The minimum absolute atomic E-state index is 0.524. The van der Waals surface area contributed by atoms with Crippen molar-refractivity contribution in [3.8, 4) is 0 Å². The summed E-state index contributed by atoms with van der Waals surface area (Å²) in [5.41, 5.74) is 0. The van der Waals surface area contributed by atoms with Crippen LogP contribution in [0.4, 0.5) is 0 Å². The highest BCUT2D eigenvalue weighted by molar-refractivity contribution is 5.79. The van der Waals surface area contributed by atoms with Gasteiger partial charge in [0.05, 0.1) is 0 Å². The Labute approximate surface area is 79.0 Å². The number of carbonyl (C=O) groups is 1. The molecule has 0 aromatic carbocycles. The lowest BCUT2D eigenvalue weighted by atomic mass is 10.0. The molecule has 0 aliphatic carbocycles. The van der Waals surface area contributed by atoms with Gasteiger partial charge in [-0.25, -0.2) is 4.79 Å². The molecule has 1 aliphatic heterocycles. The predicted octanol–water partition coefficient (Wildman–Crippen LogP) is 1.71. The summed E-state index contributed by atoms with van der Waals surface area (Å²) in [6, 6.07) is 0.524. The van der Waals surface area contributed by atoms with Gasteiger partial charge in [0.2, 0.25) is 0 Å². The molecule has 13 heavy (non-hydrogen) atoms. The van der Waals surface area contributed by atoms with Crippen LogP contribution in [0.15, 0.2) is 12.3 Å². The Morgan fingerprint density at radius 2 is 2.38 bits per heavy atom. The van der Waals surface area contributed by atoms with Crippen molar-refractivity contribution in [3.63, 3.8) is 0 Å². The number of likely N-dealkylation sites (tertiary alicyclic amines) is 1. The van der Waals surface area contributed by atoms with Gasteiger partial charge in [0.25, 0.3) is 0 Å². The van der Waals surface area contributed by atoms with Gasteiger partial charge in [0, 0.05) is 24.9 Å². The van der Waals surface area contributed by atoms with Gasteiger partial charge < -0.3 is 10.0 Å². The molecule has 1 saturated heterocycles. The first-order valence-electron chi connectivity index (χ1n) is 4.82. The maximum absolute atomic E-state index is 10.3. The fraction of sp³-hybridized carbons (Fsp3) is 0.700. The first-order valence-corrected chi connectivity index (χ1v) is 4.82. The van der Waals surface area contributed by atoms with Crippen LogP contribution in [0.3, 0.4) is 0 Å². The minimum Gasteiger partial charge on any atom is -0.478 e. The molecule has 1 aliphatic rings. The SMILES string of the molecule is CCC1C(C)CCN1/C=C/C(=O)O. The highest BCUT2D eigenvalue weighted by atomic mass is 16.4. The zero-order valence-corrected chi connectivity index (χ0v) is 8.23. The largest absolute Gasteiger partial charge is 0.478 e. The van der Waals surface area contributed by atoms with Gasteiger partial charge in [-0.05, 0) is 18.8 Å².